The topological polar surface area (TPSA) is 60.4 Å². The van der Waals surface area contributed by atoms with Crippen LogP contribution in [0.3, 0.4) is 0 Å². The van der Waals surface area contributed by atoms with Crippen LogP contribution in [0.2, 0.25) is 0 Å². The van der Waals surface area contributed by atoms with Crippen molar-refractivity contribution in [2.75, 3.05) is 61.4 Å². The van der Waals surface area contributed by atoms with Gasteiger partial charge in [0.15, 0.2) is 5.82 Å². The second kappa shape index (κ2) is 8.11. The summed E-state index contributed by atoms with van der Waals surface area (Å²) in [6, 6.07) is 8.44. The number of nitrogens with zero attached hydrogens (tertiary/aromatic N) is 6. The summed E-state index contributed by atoms with van der Waals surface area (Å²) in [5.74, 6) is 1.37. The number of benzene rings is 1. The summed E-state index contributed by atoms with van der Waals surface area (Å²) < 4.78 is 0. The largest absolute Gasteiger partial charge is 0.369 e. The summed E-state index contributed by atoms with van der Waals surface area (Å²) in [4.78, 5) is 11.5. The van der Waals surface area contributed by atoms with Crippen molar-refractivity contribution in [3.05, 3.63) is 30.5 Å². The molecule has 1 aromatic heterocycles. The van der Waals surface area contributed by atoms with E-state index in [4.69, 9.17) is 0 Å². The summed E-state index contributed by atoms with van der Waals surface area (Å²) in [6.45, 7) is 10.4. The van der Waals surface area contributed by atoms with E-state index in [-0.39, 0.29) is 0 Å². The zero-order chi connectivity index (χ0) is 17.6. The Balaban J connectivity index is 1.66. The molecule has 1 aliphatic heterocycles. The van der Waals surface area contributed by atoms with Gasteiger partial charge in [0.1, 0.15) is 0 Å². The zero-order valence-electron chi connectivity index (χ0n) is 15.3. The smallest absolute Gasteiger partial charge is 0.249 e. The van der Waals surface area contributed by atoms with Crippen molar-refractivity contribution in [3.63, 3.8) is 0 Å². The minimum atomic E-state index is 0.525. The van der Waals surface area contributed by atoms with E-state index in [2.05, 4.69) is 80.4 Å². The first-order valence-corrected chi connectivity index (χ1v) is 8.95. The molecule has 0 unspecified atom stereocenters. The van der Waals surface area contributed by atoms with Crippen LogP contribution in [0.15, 0.2) is 30.5 Å². The van der Waals surface area contributed by atoms with E-state index < -0.39 is 0 Å². The van der Waals surface area contributed by atoms with Gasteiger partial charge in [0.05, 0.1) is 6.20 Å². The fraction of sp³-hybridized carbons (Fsp3) is 0.500. The van der Waals surface area contributed by atoms with Crippen molar-refractivity contribution in [3.8, 4) is 0 Å². The SMILES string of the molecule is CCN(CC)c1cnnc(Nc2ccc(N3CCN(C)CC3)cc2)n1. The van der Waals surface area contributed by atoms with Crippen LogP contribution in [-0.2, 0) is 0 Å². The highest BCUT2D eigenvalue weighted by Gasteiger charge is 2.14. The standard InChI is InChI=1S/C18H27N7/c1-4-24(5-2)17-14-19-22-18(21-17)20-15-6-8-16(9-7-15)25-12-10-23(3)11-13-25/h6-9,14H,4-5,10-13H2,1-3H3,(H,20,21,22). The first kappa shape index (κ1) is 17.4. The lowest BCUT2D eigenvalue weighted by Gasteiger charge is -2.34. The molecule has 0 radical (unpaired) electrons. The fourth-order valence-corrected chi connectivity index (χ4v) is 3.00. The van der Waals surface area contributed by atoms with Gasteiger partial charge in [-0.15, -0.1) is 5.10 Å². The highest BCUT2D eigenvalue weighted by Crippen LogP contribution is 2.21. The monoisotopic (exact) mass is 341 g/mol. The van der Waals surface area contributed by atoms with Crippen molar-refractivity contribution in [2.45, 2.75) is 13.8 Å². The highest BCUT2D eigenvalue weighted by atomic mass is 15.3. The summed E-state index contributed by atoms with van der Waals surface area (Å²) in [5, 5.41) is 11.4. The Bertz CT molecular complexity index is 661. The molecule has 134 valence electrons. The predicted octanol–water partition coefficient (Wildman–Crippen LogP) is 2.21. The van der Waals surface area contributed by atoms with E-state index >= 15 is 0 Å². The molecule has 0 amide bonds. The zero-order valence-corrected chi connectivity index (χ0v) is 15.3. The Morgan fingerprint density at radius 2 is 1.72 bits per heavy atom. The fourth-order valence-electron chi connectivity index (χ4n) is 3.00. The van der Waals surface area contributed by atoms with Gasteiger partial charge in [-0.05, 0) is 45.2 Å². The molecule has 0 saturated carbocycles. The van der Waals surface area contributed by atoms with Gasteiger partial charge < -0.3 is 20.0 Å². The molecular weight excluding hydrogens is 314 g/mol. The number of hydrogen-bond acceptors (Lipinski definition) is 7. The molecule has 7 nitrogen and oxygen atoms in total. The second-order valence-corrected chi connectivity index (χ2v) is 6.27. The lowest BCUT2D eigenvalue weighted by atomic mass is 10.2. The van der Waals surface area contributed by atoms with Crippen LogP contribution in [0.1, 0.15) is 13.8 Å². The molecule has 0 bridgehead atoms. The number of piperazine rings is 1. The molecule has 7 heteroatoms. The highest BCUT2D eigenvalue weighted by molar-refractivity contribution is 5.60. The van der Waals surface area contributed by atoms with Crippen LogP contribution >= 0.6 is 0 Å². The Kier molecular flexibility index (Phi) is 5.65. The van der Waals surface area contributed by atoms with Crippen LogP contribution in [0.25, 0.3) is 0 Å². The van der Waals surface area contributed by atoms with Crippen molar-refractivity contribution in [1.29, 1.82) is 0 Å². The summed E-state index contributed by atoms with van der Waals surface area (Å²) in [6.07, 6.45) is 1.70. The molecule has 2 heterocycles. The van der Waals surface area contributed by atoms with Crippen LogP contribution in [0.4, 0.5) is 23.1 Å². The van der Waals surface area contributed by atoms with E-state index in [9.17, 15) is 0 Å². The molecule has 1 N–H and O–H groups in total. The number of nitrogens with one attached hydrogen (secondary N) is 1. The van der Waals surface area contributed by atoms with Gasteiger partial charge in [-0.1, -0.05) is 0 Å². The Labute approximate surface area is 149 Å². The maximum atomic E-state index is 4.56. The lowest BCUT2D eigenvalue weighted by Crippen LogP contribution is -2.44. The maximum Gasteiger partial charge on any atom is 0.249 e. The van der Waals surface area contributed by atoms with E-state index in [0.717, 1.165) is 50.8 Å². The number of anilines is 4. The molecule has 0 aliphatic carbocycles. The van der Waals surface area contributed by atoms with E-state index in [1.54, 1.807) is 6.20 Å². The summed E-state index contributed by atoms with van der Waals surface area (Å²) in [7, 11) is 2.17. The first-order chi connectivity index (χ1) is 12.2. The molecule has 1 aliphatic rings. The molecule has 2 aromatic rings. The molecule has 0 atom stereocenters. The summed E-state index contributed by atoms with van der Waals surface area (Å²) >= 11 is 0. The molecule has 1 saturated heterocycles. The quantitative estimate of drug-likeness (QED) is 0.864. The molecular formula is C18H27N7. The van der Waals surface area contributed by atoms with Crippen LogP contribution in [0, 0.1) is 0 Å². The molecule has 3 rings (SSSR count). The number of likely N-dealkylation sites (N-methyl/N-ethyl adjacent to an activating group) is 1. The first-order valence-electron chi connectivity index (χ1n) is 8.95. The number of rotatable bonds is 6. The number of aromatic nitrogens is 3. The van der Waals surface area contributed by atoms with Crippen molar-refractivity contribution < 1.29 is 0 Å². The van der Waals surface area contributed by atoms with Gasteiger partial charge in [-0.25, -0.2) is 0 Å². The van der Waals surface area contributed by atoms with E-state index in [1.807, 2.05) is 0 Å². The van der Waals surface area contributed by atoms with Gasteiger partial charge in [0.2, 0.25) is 5.95 Å². The average molecular weight is 341 g/mol. The molecule has 1 aromatic carbocycles. The van der Waals surface area contributed by atoms with Crippen LogP contribution < -0.4 is 15.1 Å². The maximum absolute atomic E-state index is 4.56. The van der Waals surface area contributed by atoms with Gasteiger partial charge in [0.25, 0.3) is 0 Å². The van der Waals surface area contributed by atoms with Crippen molar-refractivity contribution in [1.82, 2.24) is 20.1 Å². The minimum absolute atomic E-state index is 0.525. The normalized spacial score (nSPS) is 15.2. The minimum Gasteiger partial charge on any atom is -0.369 e. The third kappa shape index (κ3) is 4.36. The Morgan fingerprint density at radius 3 is 2.36 bits per heavy atom. The van der Waals surface area contributed by atoms with Gasteiger partial charge in [-0.3, -0.25) is 0 Å². The Morgan fingerprint density at radius 1 is 1.04 bits per heavy atom. The molecule has 1 fully saturated rings. The van der Waals surface area contributed by atoms with Crippen molar-refractivity contribution >= 4 is 23.1 Å². The second-order valence-electron chi connectivity index (χ2n) is 6.27. The van der Waals surface area contributed by atoms with Crippen LogP contribution in [0.5, 0.6) is 0 Å². The lowest BCUT2D eigenvalue weighted by molar-refractivity contribution is 0.313. The van der Waals surface area contributed by atoms with E-state index in [1.165, 1.54) is 5.69 Å². The van der Waals surface area contributed by atoms with Gasteiger partial charge in [-0.2, -0.15) is 10.1 Å². The predicted molar refractivity (Wildman–Crippen MR) is 103 cm³/mol. The molecule has 0 spiro atoms. The van der Waals surface area contributed by atoms with Crippen LogP contribution in [-0.4, -0.2) is 66.4 Å². The van der Waals surface area contributed by atoms with Gasteiger partial charge in [0, 0.05) is 50.6 Å². The summed E-state index contributed by atoms with van der Waals surface area (Å²) in [5.41, 5.74) is 2.23. The van der Waals surface area contributed by atoms with Gasteiger partial charge >= 0.3 is 0 Å². The van der Waals surface area contributed by atoms with Crippen molar-refractivity contribution in [2.24, 2.45) is 0 Å². The third-order valence-corrected chi connectivity index (χ3v) is 4.63. The number of hydrogen-bond donors (Lipinski definition) is 1. The molecule has 25 heavy (non-hydrogen) atoms. The van der Waals surface area contributed by atoms with E-state index in [0.29, 0.717) is 5.95 Å². The Hall–Kier alpha value is -2.41. The third-order valence-electron chi connectivity index (χ3n) is 4.63. The average Bonchev–Trinajstić information content (AvgIpc) is 2.65.